The van der Waals surface area contributed by atoms with E-state index in [-0.39, 0.29) is 17.8 Å². The van der Waals surface area contributed by atoms with E-state index in [1.54, 1.807) is 17.0 Å². The van der Waals surface area contributed by atoms with Crippen molar-refractivity contribution in [2.45, 2.75) is 45.1 Å². The molecule has 0 unspecified atom stereocenters. The van der Waals surface area contributed by atoms with Crippen molar-refractivity contribution in [3.63, 3.8) is 0 Å². The van der Waals surface area contributed by atoms with Crippen molar-refractivity contribution < 1.29 is 14.6 Å². The van der Waals surface area contributed by atoms with Crippen molar-refractivity contribution in [3.8, 4) is 5.75 Å². The number of phenolic OH excluding ortho intramolecular Hbond substituents is 1. The van der Waals surface area contributed by atoms with E-state index in [0.29, 0.717) is 18.8 Å². The Kier molecular flexibility index (Phi) is 4.30. The van der Waals surface area contributed by atoms with Crippen LogP contribution in [-0.2, 0) is 4.74 Å². The average Bonchev–Trinajstić information content (AvgIpc) is 2.40. The molecular weight excluding hydrogens is 268 g/mol. The smallest absolute Gasteiger partial charge is 0.410 e. The fourth-order valence-corrected chi connectivity index (χ4v) is 2.63. The summed E-state index contributed by atoms with van der Waals surface area (Å²) in [4.78, 5) is 13.8. The molecule has 0 radical (unpaired) electrons. The van der Waals surface area contributed by atoms with E-state index in [1.165, 1.54) is 0 Å². The molecule has 1 aliphatic rings. The molecule has 0 atom stereocenters. The van der Waals surface area contributed by atoms with E-state index in [9.17, 15) is 9.90 Å². The maximum Gasteiger partial charge on any atom is 0.410 e. The SMILES string of the molecule is CC(C)(C)OC(=O)N1CCC(c2cccc(O)c2N)CC1. The number of likely N-dealkylation sites (tertiary alicyclic amines) is 1. The highest BCUT2D eigenvalue weighted by molar-refractivity contribution is 5.68. The number of hydrogen-bond acceptors (Lipinski definition) is 4. The van der Waals surface area contributed by atoms with Crippen LogP contribution in [0.2, 0.25) is 0 Å². The third kappa shape index (κ3) is 3.80. The number of ether oxygens (including phenoxy) is 1. The van der Waals surface area contributed by atoms with Crippen molar-refractivity contribution in [3.05, 3.63) is 23.8 Å². The molecule has 116 valence electrons. The zero-order valence-electron chi connectivity index (χ0n) is 12.9. The minimum Gasteiger partial charge on any atom is -0.506 e. The van der Waals surface area contributed by atoms with Crippen LogP contribution in [0, 0.1) is 0 Å². The highest BCUT2D eigenvalue weighted by Crippen LogP contribution is 2.35. The van der Waals surface area contributed by atoms with Gasteiger partial charge in [-0.3, -0.25) is 0 Å². The Morgan fingerprint density at radius 1 is 1.33 bits per heavy atom. The molecular formula is C16H24N2O3. The van der Waals surface area contributed by atoms with Gasteiger partial charge in [-0.2, -0.15) is 0 Å². The van der Waals surface area contributed by atoms with E-state index in [2.05, 4.69) is 0 Å². The highest BCUT2D eigenvalue weighted by Gasteiger charge is 2.28. The number of amides is 1. The quantitative estimate of drug-likeness (QED) is 0.616. The molecule has 0 bridgehead atoms. The van der Waals surface area contributed by atoms with Crippen LogP contribution in [0.1, 0.15) is 45.1 Å². The van der Waals surface area contributed by atoms with Crippen LogP contribution in [-0.4, -0.2) is 34.8 Å². The summed E-state index contributed by atoms with van der Waals surface area (Å²) in [5.74, 6) is 0.401. The number of carbonyl (C=O) groups excluding carboxylic acids is 1. The van der Waals surface area contributed by atoms with E-state index in [4.69, 9.17) is 10.5 Å². The minimum atomic E-state index is -0.469. The Hall–Kier alpha value is -1.91. The number of carbonyl (C=O) groups is 1. The predicted octanol–water partition coefficient (Wildman–Crippen LogP) is 3.09. The van der Waals surface area contributed by atoms with Gasteiger partial charge in [0.05, 0.1) is 5.69 Å². The molecule has 0 saturated carbocycles. The summed E-state index contributed by atoms with van der Waals surface area (Å²) < 4.78 is 5.38. The normalized spacial score (nSPS) is 16.8. The maximum atomic E-state index is 12.0. The van der Waals surface area contributed by atoms with Gasteiger partial charge in [0.15, 0.2) is 0 Å². The number of piperidine rings is 1. The number of benzene rings is 1. The van der Waals surface area contributed by atoms with Crippen molar-refractivity contribution in [1.82, 2.24) is 4.90 Å². The molecule has 0 spiro atoms. The number of aromatic hydroxyl groups is 1. The van der Waals surface area contributed by atoms with E-state index in [0.717, 1.165) is 18.4 Å². The summed E-state index contributed by atoms with van der Waals surface area (Å²) in [7, 11) is 0. The topological polar surface area (TPSA) is 75.8 Å². The van der Waals surface area contributed by atoms with Gasteiger partial charge in [-0.15, -0.1) is 0 Å². The number of anilines is 1. The summed E-state index contributed by atoms with van der Waals surface area (Å²) in [5.41, 5.74) is 6.89. The Labute approximate surface area is 125 Å². The van der Waals surface area contributed by atoms with Gasteiger partial charge in [-0.05, 0) is 51.2 Å². The first-order chi connectivity index (χ1) is 9.78. The Morgan fingerprint density at radius 2 is 1.95 bits per heavy atom. The third-order valence-electron chi connectivity index (χ3n) is 3.70. The average molecular weight is 292 g/mol. The van der Waals surface area contributed by atoms with Crippen molar-refractivity contribution >= 4 is 11.8 Å². The summed E-state index contributed by atoms with van der Waals surface area (Å²) in [6.45, 7) is 6.89. The van der Waals surface area contributed by atoms with Gasteiger partial charge in [-0.25, -0.2) is 4.79 Å². The van der Waals surface area contributed by atoms with E-state index in [1.807, 2.05) is 26.8 Å². The summed E-state index contributed by atoms with van der Waals surface area (Å²) in [6, 6.07) is 5.35. The lowest BCUT2D eigenvalue weighted by Crippen LogP contribution is -2.41. The first-order valence-electron chi connectivity index (χ1n) is 7.33. The van der Waals surface area contributed by atoms with Gasteiger partial charge in [0.2, 0.25) is 0 Å². The standard InChI is InChI=1S/C16H24N2O3/c1-16(2,3)21-15(20)18-9-7-11(8-10-18)12-5-4-6-13(19)14(12)17/h4-6,11,19H,7-10,17H2,1-3H3. The molecule has 1 aliphatic heterocycles. The Balaban J connectivity index is 1.97. The molecule has 1 aromatic carbocycles. The van der Waals surface area contributed by atoms with Crippen LogP contribution in [0.15, 0.2) is 18.2 Å². The number of nitrogens with two attached hydrogens (primary N) is 1. The summed E-state index contributed by atoms with van der Waals surface area (Å²) in [6.07, 6.45) is 1.39. The maximum absolute atomic E-state index is 12.0. The second kappa shape index (κ2) is 5.84. The monoisotopic (exact) mass is 292 g/mol. The number of rotatable bonds is 1. The van der Waals surface area contributed by atoms with E-state index < -0.39 is 5.60 Å². The van der Waals surface area contributed by atoms with Crippen molar-refractivity contribution in [2.24, 2.45) is 0 Å². The van der Waals surface area contributed by atoms with Crippen LogP contribution in [0.4, 0.5) is 10.5 Å². The van der Waals surface area contributed by atoms with Gasteiger partial charge in [-0.1, -0.05) is 12.1 Å². The highest BCUT2D eigenvalue weighted by atomic mass is 16.6. The Bertz CT molecular complexity index is 515. The largest absolute Gasteiger partial charge is 0.506 e. The number of nitrogen functional groups attached to an aromatic ring is 1. The zero-order chi connectivity index (χ0) is 15.6. The number of nitrogens with zero attached hydrogens (tertiary/aromatic N) is 1. The van der Waals surface area contributed by atoms with Crippen LogP contribution in [0.3, 0.4) is 0 Å². The molecule has 5 nitrogen and oxygen atoms in total. The number of hydrogen-bond donors (Lipinski definition) is 2. The van der Waals surface area contributed by atoms with Crippen LogP contribution in [0.5, 0.6) is 5.75 Å². The molecule has 0 aromatic heterocycles. The van der Waals surface area contributed by atoms with Crippen molar-refractivity contribution in [2.75, 3.05) is 18.8 Å². The Morgan fingerprint density at radius 3 is 2.52 bits per heavy atom. The summed E-state index contributed by atoms with van der Waals surface area (Å²) >= 11 is 0. The van der Waals surface area contributed by atoms with Gasteiger partial charge >= 0.3 is 6.09 Å². The molecule has 5 heteroatoms. The van der Waals surface area contributed by atoms with Crippen LogP contribution < -0.4 is 5.73 Å². The first-order valence-corrected chi connectivity index (χ1v) is 7.33. The fourth-order valence-electron chi connectivity index (χ4n) is 2.63. The first kappa shape index (κ1) is 15.5. The number of phenols is 1. The molecule has 0 aliphatic carbocycles. The molecule has 1 saturated heterocycles. The molecule has 1 fully saturated rings. The molecule has 2 rings (SSSR count). The van der Waals surface area contributed by atoms with Crippen molar-refractivity contribution in [1.29, 1.82) is 0 Å². The fraction of sp³-hybridized carbons (Fsp3) is 0.562. The number of para-hydroxylation sites is 1. The van der Waals surface area contributed by atoms with Crippen LogP contribution >= 0.6 is 0 Å². The second-order valence-corrected chi connectivity index (χ2v) is 6.52. The second-order valence-electron chi connectivity index (χ2n) is 6.52. The molecule has 1 heterocycles. The molecule has 3 N–H and O–H groups in total. The minimum absolute atomic E-state index is 0.127. The zero-order valence-corrected chi connectivity index (χ0v) is 12.9. The molecule has 1 aromatic rings. The van der Waals surface area contributed by atoms with Gasteiger partial charge in [0.25, 0.3) is 0 Å². The van der Waals surface area contributed by atoms with Crippen LogP contribution in [0.25, 0.3) is 0 Å². The summed E-state index contributed by atoms with van der Waals surface area (Å²) in [5, 5.41) is 9.69. The molecule has 1 amide bonds. The third-order valence-corrected chi connectivity index (χ3v) is 3.70. The van der Waals surface area contributed by atoms with Gasteiger partial charge in [0, 0.05) is 13.1 Å². The van der Waals surface area contributed by atoms with Gasteiger partial charge in [0.1, 0.15) is 11.4 Å². The van der Waals surface area contributed by atoms with E-state index >= 15 is 0 Å². The lowest BCUT2D eigenvalue weighted by molar-refractivity contribution is 0.0205. The molecule has 21 heavy (non-hydrogen) atoms. The lowest BCUT2D eigenvalue weighted by Gasteiger charge is -2.34. The van der Waals surface area contributed by atoms with Gasteiger partial charge < -0.3 is 20.5 Å². The predicted molar refractivity (Wildman–Crippen MR) is 82.3 cm³/mol. The lowest BCUT2D eigenvalue weighted by atomic mass is 9.88.